The quantitative estimate of drug-likeness (QED) is 0.676. The Hall–Kier alpha value is -2.09. The largest absolute Gasteiger partial charge is 0.507 e. The third-order valence-electron chi connectivity index (χ3n) is 3.73. The Morgan fingerprint density at radius 2 is 1.04 bits per heavy atom. The number of phenolic OH excluding ortho intramolecular Hbond substituents is 2. The lowest BCUT2D eigenvalue weighted by molar-refractivity contribution is 0.473. The van der Waals surface area contributed by atoms with E-state index >= 15 is 0 Å². The standard InChI is InChI=1S/C20H26O3Si2/c1-24(2,15-13-17-9-5-7-11-19(17)21)23-25(3,4)16-14-18-10-6-8-12-20(18)22/h5-16,21-22H,1-4H3/b15-13+,16-14+. The molecule has 0 unspecified atom stereocenters. The summed E-state index contributed by atoms with van der Waals surface area (Å²) in [5.74, 6) is 0.555. The van der Waals surface area contributed by atoms with Gasteiger partial charge in [-0.15, -0.1) is 0 Å². The first-order valence-corrected chi connectivity index (χ1v) is 14.3. The summed E-state index contributed by atoms with van der Waals surface area (Å²) in [6.45, 7) is 8.58. The van der Waals surface area contributed by atoms with Crippen molar-refractivity contribution in [2.45, 2.75) is 26.2 Å². The van der Waals surface area contributed by atoms with Crippen LogP contribution in [0.1, 0.15) is 11.1 Å². The highest BCUT2D eigenvalue weighted by Gasteiger charge is 2.29. The van der Waals surface area contributed by atoms with E-state index < -0.39 is 16.6 Å². The molecule has 0 atom stereocenters. The summed E-state index contributed by atoms with van der Waals surface area (Å²) in [5.41, 5.74) is 5.81. The molecule has 3 nitrogen and oxygen atoms in total. The Labute approximate surface area is 152 Å². The minimum atomic E-state index is -2.04. The van der Waals surface area contributed by atoms with E-state index in [0.717, 1.165) is 11.1 Å². The number of benzene rings is 2. The van der Waals surface area contributed by atoms with Gasteiger partial charge in [0, 0.05) is 11.1 Å². The number of rotatable bonds is 6. The van der Waals surface area contributed by atoms with E-state index in [4.69, 9.17) is 4.12 Å². The number of para-hydroxylation sites is 2. The van der Waals surface area contributed by atoms with Crippen molar-refractivity contribution in [1.29, 1.82) is 0 Å². The Bertz CT molecular complexity index is 715. The molecule has 132 valence electrons. The molecule has 0 radical (unpaired) electrons. The van der Waals surface area contributed by atoms with Crippen LogP contribution >= 0.6 is 0 Å². The van der Waals surface area contributed by atoms with Crippen LogP contribution in [-0.4, -0.2) is 26.8 Å². The van der Waals surface area contributed by atoms with Gasteiger partial charge in [0.2, 0.25) is 0 Å². The van der Waals surface area contributed by atoms with Gasteiger partial charge in [0.25, 0.3) is 0 Å². The molecule has 2 rings (SSSR count). The SMILES string of the molecule is C[Si](C)(/C=C/c1ccccc1O)O[Si](C)(C)/C=C/c1ccccc1O. The molecule has 2 aromatic carbocycles. The van der Waals surface area contributed by atoms with Crippen LogP contribution in [0.25, 0.3) is 12.2 Å². The van der Waals surface area contributed by atoms with Crippen LogP contribution in [0, 0.1) is 0 Å². The summed E-state index contributed by atoms with van der Waals surface area (Å²) in [7, 11) is -4.08. The highest BCUT2D eigenvalue weighted by atomic mass is 28.4. The molecule has 25 heavy (non-hydrogen) atoms. The molecular weight excluding hydrogens is 344 g/mol. The van der Waals surface area contributed by atoms with Crippen LogP contribution in [0.2, 0.25) is 26.2 Å². The van der Waals surface area contributed by atoms with Gasteiger partial charge in [0.1, 0.15) is 11.5 Å². The van der Waals surface area contributed by atoms with Crippen LogP contribution in [0.15, 0.2) is 59.9 Å². The van der Waals surface area contributed by atoms with E-state index in [9.17, 15) is 10.2 Å². The zero-order valence-corrected chi connectivity index (χ0v) is 17.2. The predicted octanol–water partition coefficient (Wildman–Crippen LogP) is 5.33. The van der Waals surface area contributed by atoms with E-state index in [1.54, 1.807) is 12.1 Å². The molecule has 0 heterocycles. The lowest BCUT2D eigenvalue weighted by Crippen LogP contribution is -2.42. The van der Waals surface area contributed by atoms with Gasteiger partial charge in [-0.2, -0.15) is 0 Å². The molecule has 0 aromatic heterocycles. The maximum Gasteiger partial charge on any atom is 0.198 e. The van der Waals surface area contributed by atoms with Gasteiger partial charge in [-0.1, -0.05) is 59.9 Å². The zero-order valence-electron chi connectivity index (χ0n) is 15.2. The van der Waals surface area contributed by atoms with E-state index in [2.05, 4.69) is 37.6 Å². The van der Waals surface area contributed by atoms with Crippen molar-refractivity contribution in [2.75, 3.05) is 0 Å². The predicted molar refractivity (Wildman–Crippen MR) is 110 cm³/mol. The Kier molecular flexibility index (Phi) is 6.05. The molecule has 0 fully saturated rings. The van der Waals surface area contributed by atoms with Gasteiger partial charge >= 0.3 is 0 Å². The van der Waals surface area contributed by atoms with Gasteiger partial charge in [-0.3, -0.25) is 0 Å². The Morgan fingerprint density at radius 1 is 0.680 bits per heavy atom. The van der Waals surface area contributed by atoms with Crippen molar-refractivity contribution in [3.63, 3.8) is 0 Å². The summed E-state index contributed by atoms with van der Waals surface area (Å²) in [4.78, 5) is 0. The summed E-state index contributed by atoms with van der Waals surface area (Å²) in [5, 5.41) is 19.7. The summed E-state index contributed by atoms with van der Waals surface area (Å²) >= 11 is 0. The normalized spacial score (nSPS) is 13.0. The van der Waals surface area contributed by atoms with Crippen molar-refractivity contribution in [3.05, 3.63) is 71.1 Å². The summed E-state index contributed by atoms with van der Waals surface area (Å²) in [6, 6.07) is 14.6. The van der Waals surface area contributed by atoms with Gasteiger partial charge < -0.3 is 14.3 Å². The fraction of sp³-hybridized carbons (Fsp3) is 0.200. The molecule has 0 amide bonds. The molecule has 2 aromatic rings. The zero-order chi connectivity index (χ0) is 18.5. The fourth-order valence-electron chi connectivity index (χ4n) is 2.58. The summed E-state index contributed by atoms with van der Waals surface area (Å²) < 4.78 is 6.49. The maximum atomic E-state index is 9.87. The van der Waals surface area contributed by atoms with Gasteiger partial charge in [0.05, 0.1) is 0 Å². The van der Waals surface area contributed by atoms with Gasteiger partial charge in [-0.05, 0) is 38.3 Å². The first kappa shape index (κ1) is 19.2. The third-order valence-corrected chi connectivity index (χ3v) is 9.88. The van der Waals surface area contributed by atoms with Gasteiger partial charge in [0.15, 0.2) is 16.6 Å². The molecule has 0 bridgehead atoms. The second kappa shape index (κ2) is 7.86. The van der Waals surface area contributed by atoms with E-state index in [-0.39, 0.29) is 11.5 Å². The smallest absolute Gasteiger partial charge is 0.198 e. The molecule has 0 aliphatic heterocycles. The lowest BCUT2D eigenvalue weighted by Gasteiger charge is -2.29. The molecule has 0 aliphatic rings. The number of hydrogen-bond donors (Lipinski definition) is 2. The topological polar surface area (TPSA) is 49.7 Å². The van der Waals surface area contributed by atoms with Crippen LogP contribution in [0.3, 0.4) is 0 Å². The maximum absolute atomic E-state index is 9.87. The lowest BCUT2D eigenvalue weighted by atomic mass is 10.2. The second-order valence-corrected chi connectivity index (χ2v) is 15.0. The molecule has 0 saturated heterocycles. The fourth-order valence-corrected chi connectivity index (χ4v) is 9.71. The van der Waals surface area contributed by atoms with E-state index in [1.807, 2.05) is 48.6 Å². The third kappa shape index (κ3) is 6.05. The minimum absolute atomic E-state index is 0.277. The van der Waals surface area contributed by atoms with Crippen molar-refractivity contribution in [2.24, 2.45) is 0 Å². The van der Waals surface area contributed by atoms with E-state index in [0.29, 0.717) is 0 Å². The van der Waals surface area contributed by atoms with Crippen molar-refractivity contribution in [3.8, 4) is 11.5 Å². The second-order valence-electron chi connectivity index (χ2n) is 7.09. The molecule has 2 N–H and O–H groups in total. The van der Waals surface area contributed by atoms with Crippen LogP contribution in [0.4, 0.5) is 0 Å². The summed E-state index contributed by atoms with van der Waals surface area (Å²) in [6.07, 6.45) is 3.89. The van der Waals surface area contributed by atoms with Crippen LogP contribution in [0.5, 0.6) is 11.5 Å². The highest BCUT2D eigenvalue weighted by molar-refractivity contribution is 6.90. The first-order chi connectivity index (χ1) is 11.7. The molecule has 0 saturated carbocycles. The minimum Gasteiger partial charge on any atom is -0.507 e. The molecular formula is C20H26O3Si2. The monoisotopic (exact) mass is 370 g/mol. The van der Waals surface area contributed by atoms with Crippen LogP contribution in [-0.2, 0) is 4.12 Å². The number of phenols is 2. The van der Waals surface area contributed by atoms with Gasteiger partial charge in [-0.25, -0.2) is 0 Å². The van der Waals surface area contributed by atoms with Crippen molar-refractivity contribution >= 4 is 28.8 Å². The highest BCUT2D eigenvalue weighted by Crippen LogP contribution is 2.23. The molecule has 5 heteroatoms. The van der Waals surface area contributed by atoms with Crippen molar-refractivity contribution < 1.29 is 14.3 Å². The van der Waals surface area contributed by atoms with E-state index in [1.165, 1.54) is 0 Å². The Balaban J connectivity index is 2.10. The average molecular weight is 371 g/mol. The number of hydrogen-bond acceptors (Lipinski definition) is 3. The molecule has 0 spiro atoms. The number of aromatic hydroxyl groups is 2. The Morgan fingerprint density at radius 3 is 1.40 bits per heavy atom. The van der Waals surface area contributed by atoms with Crippen molar-refractivity contribution in [1.82, 2.24) is 0 Å². The average Bonchev–Trinajstić information content (AvgIpc) is 2.52. The molecule has 0 aliphatic carbocycles. The van der Waals surface area contributed by atoms with Crippen LogP contribution < -0.4 is 0 Å². The first-order valence-electron chi connectivity index (χ1n) is 8.33.